The molecule has 1 atom stereocenters. The van der Waals surface area contributed by atoms with Gasteiger partial charge in [0.05, 0.1) is 34.8 Å². The van der Waals surface area contributed by atoms with Crippen LogP contribution in [0.1, 0.15) is 22.6 Å². The van der Waals surface area contributed by atoms with Crippen LogP contribution in [-0.4, -0.2) is 15.5 Å². The molecule has 1 aliphatic rings. The predicted octanol–water partition coefficient (Wildman–Crippen LogP) is 5.39. The molecule has 1 aromatic heterocycles. The number of azo groups is 1. The van der Waals surface area contributed by atoms with Crippen molar-refractivity contribution in [3.8, 4) is 17.8 Å². The number of nitrogens with zero attached hydrogens (tertiary/aromatic N) is 6. The first-order valence-electron chi connectivity index (χ1n) is 11.2. The van der Waals surface area contributed by atoms with Gasteiger partial charge in [-0.15, -0.1) is 15.3 Å². The summed E-state index contributed by atoms with van der Waals surface area (Å²) in [6.07, 6.45) is 0.129. The summed E-state index contributed by atoms with van der Waals surface area (Å²) in [5.41, 5.74) is -0.639. The van der Waals surface area contributed by atoms with E-state index in [1.54, 1.807) is 36.4 Å². The first-order valence-corrected chi connectivity index (χ1v) is 11.2. The number of rotatable bonds is 4. The molecule has 0 amide bonds. The lowest BCUT2D eigenvalue weighted by molar-refractivity contribution is 0.506. The van der Waals surface area contributed by atoms with E-state index in [4.69, 9.17) is 5.41 Å². The third-order valence-corrected chi connectivity index (χ3v) is 6.32. The number of hydrogen-bond acceptors (Lipinski definition) is 7. The molecule has 0 saturated heterocycles. The van der Waals surface area contributed by atoms with Crippen LogP contribution in [0.15, 0.2) is 106 Å². The average Bonchev–Trinajstić information content (AvgIpc) is 2.94. The van der Waals surface area contributed by atoms with E-state index in [9.17, 15) is 15.3 Å². The molecule has 8 heteroatoms. The highest BCUT2D eigenvalue weighted by Gasteiger charge is 2.51. The van der Waals surface area contributed by atoms with Gasteiger partial charge in [-0.3, -0.25) is 4.79 Å². The fourth-order valence-corrected chi connectivity index (χ4v) is 4.50. The summed E-state index contributed by atoms with van der Waals surface area (Å²) in [7, 11) is 0. The molecule has 0 spiro atoms. The summed E-state index contributed by atoms with van der Waals surface area (Å²) in [5.74, 6) is -0.527. The Balaban J connectivity index is 1.79. The summed E-state index contributed by atoms with van der Waals surface area (Å²) in [4.78, 5) is 13.7. The van der Waals surface area contributed by atoms with Crippen LogP contribution in [0.25, 0.3) is 5.69 Å². The summed E-state index contributed by atoms with van der Waals surface area (Å²) >= 11 is 0. The van der Waals surface area contributed by atoms with Gasteiger partial charge in [-0.25, -0.2) is 0 Å². The van der Waals surface area contributed by atoms with E-state index in [1.807, 2.05) is 54.6 Å². The van der Waals surface area contributed by atoms with Crippen LogP contribution in [0.3, 0.4) is 0 Å². The fraction of sp³-hybridized carbons (Fsp3) is 0.107. The highest BCUT2D eigenvalue weighted by Crippen LogP contribution is 2.46. The van der Waals surface area contributed by atoms with Crippen molar-refractivity contribution in [3.05, 3.63) is 118 Å². The Hall–Kier alpha value is -5.21. The number of fused-ring (bicyclic) bond motifs is 1. The van der Waals surface area contributed by atoms with Gasteiger partial charge < -0.3 is 5.41 Å². The molecule has 8 nitrogen and oxygen atoms in total. The number of benzene rings is 3. The molecule has 36 heavy (non-hydrogen) atoms. The standard InChI is InChI=1S/C28H19N7O/c29-17-28(18-30)23(19-10-4-1-5-11-19)16-22-24(25(28)31)27(36)35(21-14-8-3-9-15-21)34-26(22)33-32-20-12-6-2-7-13-20/h1-15,23,31H,16H2. The highest BCUT2D eigenvalue weighted by molar-refractivity contribution is 6.09. The Morgan fingerprint density at radius 1 is 0.889 bits per heavy atom. The molecule has 0 fully saturated rings. The molecule has 172 valence electrons. The van der Waals surface area contributed by atoms with E-state index in [-0.39, 0.29) is 23.5 Å². The summed E-state index contributed by atoms with van der Waals surface area (Å²) in [5, 5.41) is 42.5. The van der Waals surface area contributed by atoms with Crippen LogP contribution < -0.4 is 5.56 Å². The van der Waals surface area contributed by atoms with Gasteiger partial charge in [-0.05, 0) is 36.2 Å². The SMILES string of the molecule is N#CC1(C#N)C(=N)c2c(c(N=Nc3ccccc3)nn(-c3ccccc3)c2=O)CC1c1ccccc1. The third-order valence-electron chi connectivity index (χ3n) is 6.32. The monoisotopic (exact) mass is 469 g/mol. The minimum atomic E-state index is -1.85. The van der Waals surface area contributed by atoms with Crippen molar-refractivity contribution >= 4 is 17.2 Å². The molecule has 3 aromatic carbocycles. The smallest absolute Gasteiger partial charge is 0.281 e. The molecule has 4 aromatic rings. The Kier molecular flexibility index (Phi) is 5.77. The lowest BCUT2D eigenvalue weighted by atomic mass is 9.62. The van der Waals surface area contributed by atoms with Crippen molar-refractivity contribution < 1.29 is 0 Å². The predicted molar refractivity (Wildman–Crippen MR) is 134 cm³/mol. The van der Waals surface area contributed by atoms with Crippen LogP contribution in [0, 0.1) is 33.5 Å². The van der Waals surface area contributed by atoms with Crippen molar-refractivity contribution in [2.75, 3.05) is 0 Å². The largest absolute Gasteiger partial charge is 0.302 e. The molecule has 0 saturated carbocycles. The van der Waals surface area contributed by atoms with Gasteiger partial charge in [0.25, 0.3) is 5.56 Å². The van der Waals surface area contributed by atoms with Crippen LogP contribution in [0.2, 0.25) is 0 Å². The van der Waals surface area contributed by atoms with Crippen molar-refractivity contribution in [2.24, 2.45) is 15.6 Å². The van der Waals surface area contributed by atoms with Crippen molar-refractivity contribution in [2.45, 2.75) is 12.3 Å². The van der Waals surface area contributed by atoms with Gasteiger partial charge in [0.1, 0.15) is 0 Å². The second-order valence-electron chi connectivity index (χ2n) is 8.34. The Morgan fingerprint density at radius 2 is 1.47 bits per heavy atom. The second-order valence-corrected chi connectivity index (χ2v) is 8.34. The van der Waals surface area contributed by atoms with Gasteiger partial charge >= 0.3 is 0 Å². The van der Waals surface area contributed by atoms with Crippen LogP contribution >= 0.6 is 0 Å². The van der Waals surface area contributed by atoms with Gasteiger partial charge in [0, 0.05) is 11.5 Å². The van der Waals surface area contributed by atoms with Crippen LogP contribution in [-0.2, 0) is 6.42 Å². The minimum absolute atomic E-state index is 0.0360. The van der Waals surface area contributed by atoms with E-state index in [0.29, 0.717) is 22.5 Å². The number of nitrogens with one attached hydrogen (secondary N) is 1. The molecule has 1 N–H and O–H groups in total. The molecule has 0 aliphatic heterocycles. The zero-order chi connectivity index (χ0) is 25.1. The Bertz CT molecular complexity index is 1600. The molecule has 1 heterocycles. The molecule has 0 radical (unpaired) electrons. The zero-order valence-corrected chi connectivity index (χ0v) is 19.0. The van der Waals surface area contributed by atoms with Crippen molar-refractivity contribution in [3.63, 3.8) is 0 Å². The summed E-state index contributed by atoms with van der Waals surface area (Å²) in [6.45, 7) is 0. The number of aromatic nitrogens is 2. The Labute approximate surface area is 206 Å². The van der Waals surface area contributed by atoms with Crippen molar-refractivity contribution in [1.82, 2.24) is 9.78 Å². The van der Waals surface area contributed by atoms with Crippen LogP contribution in [0.5, 0.6) is 0 Å². The maximum atomic E-state index is 13.7. The van der Waals surface area contributed by atoms with Crippen LogP contribution in [0.4, 0.5) is 11.5 Å². The minimum Gasteiger partial charge on any atom is -0.302 e. The number of para-hydroxylation sites is 1. The second kappa shape index (κ2) is 9.21. The topological polar surface area (TPSA) is 131 Å². The van der Waals surface area contributed by atoms with E-state index >= 15 is 0 Å². The van der Waals surface area contributed by atoms with E-state index in [0.717, 1.165) is 4.68 Å². The summed E-state index contributed by atoms with van der Waals surface area (Å²) < 4.78 is 1.15. The van der Waals surface area contributed by atoms with Gasteiger partial charge in [0.15, 0.2) is 11.2 Å². The molecule has 0 bridgehead atoms. The maximum absolute atomic E-state index is 13.7. The highest BCUT2D eigenvalue weighted by atomic mass is 16.1. The maximum Gasteiger partial charge on any atom is 0.281 e. The average molecular weight is 470 g/mol. The molecule has 1 aliphatic carbocycles. The molecule has 1 unspecified atom stereocenters. The van der Waals surface area contributed by atoms with E-state index in [2.05, 4.69) is 27.5 Å². The normalized spacial score (nSPS) is 16.2. The summed E-state index contributed by atoms with van der Waals surface area (Å²) in [6, 6.07) is 31.1. The first-order chi connectivity index (χ1) is 17.6. The Morgan fingerprint density at radius 3 is 2.08 bits per heavy atom. The number of nitriles is 2. The molecular formula is C28H19N7O. The van der Waals surface area contributed by atoms with Gasteiger partial charge in [0.2, 0.25) is 0 Å². The first kappa shape index (κ1) is 22.6. The van der Waals surface area contributed by atoms with Gasteiger partial charge in [-0.1, -0.05) is 66.7 Å². The zero-order valence-electron chi connectivity index (χ0n) is 19.0. The molecular weight excluding hydrogens is 450 g/mol. The number of hydrogen-bond donors (Lipinski definition) is 1. The quantitative estimate of drug-likeness (QED) is 0.401. The molecule has 5 rings (SSSR count). The van der Waals surface area contributed by atoms with Crippen molar-refractivity contribution in [1.29, 1.82) is 15.9 Å². The lowest BCUT2D eigenvalue weighted by Crippen LogP contribution is -2.45. The third kappa shape index (κ3) is 3.67. The lowest BCUT2D eigenvalue weighted by Gasteiger charge is -2.35. The van der Waals surface area contributed by atoms with Gasteiger partial charge in [-0.2, -0.15) is 15.2 Å². The fourth-order valence-electron chi connectivity index (χ4n) is 4.50. The van der Waals surface area contributed by atoms with E-state index in [1.165, 1.54) is 0 Å². The van der Waals surface area contributed by atoms with E-state index < -0.39 is 16.9 Å².